The normalized spacial score (nSPS) is 20.1. The van der Waals surface area contributed by atoms with Gasteiger partial charge in [-0.2, -0.15) is 9.49 Å². The lowest BCUT2D eigenvalue weighted by Crippen LogP contribution is -2.34. The van der Waals surface area contributed by atoms with Gasteiger partial charge in [0.15, 0.2) is 0 Å². The first-order valence-electron chi connectivity index (χ1n) is 12.6. The summed E-state index contributed by atoms with van der Waals surface area (Å²) in [6.07, 6.45) is 11.7. The maximum atomic E-state index is 13.6. The van der Waals surface area contributed by atoms with Crippen LogP contribution >= 0.6 is 0 Å². The first-order valence-corrected chi connectivity index (χ1v) is 12.6. The van der Waals surface area contributed by atoms with Gasteiger partial charge in [0.25, 0.3) is 0 Å². The van der Waals surface area contributed by atoms with E-state index >= 15 is 0 Å². The van der Waals surface area contributed by atoms with Crippen molar-refractivity contribution in [1.29, 1.82) is 0 Å². The molecule has 3 aliphatic rings. The Balaban J connectivity index is 0.000000172. The first kappa shape index (κ1) is 23.7. The molecule has 6 nitrogen and oxygen atoms in total. The van der Waals surface area contributed by atoms with Crippen LogP contribution in [0.5, 0.6) is 0 Å². The molecule has 0 aromatic carbocycles. The van der Waals surface area contributed by atoms with E-state index in [2.05, 4.69) is 39.2 Å². The molecule has 1 saturated carbocycles. The lowest BCUT2D eigenvalue weighted by atomic mass is 9.76. The van der Waals surface area contributed by atoms with Crippen LogP contribution in [-0.2, 0) is 17.6 Å². The molecule has 2 aromatic rings. The van der Waals surface area contributed by atoms with Gasteiger partial charge in [0.2, 0.25) is 11.9 Å². The van der Waals surface area contributed by atoms with Crippen LogP contribution in [0.1, 0.15) is 76.5 Å². The van der Waals surface area contributed by atoms with Gasteiger partial charge in [-0.3, -0.25) is 9.89 Å². The third-order valence-corrected chi connectivity index (χ3v) is 7.36. The van der Waals surface area contributed by atoms with Crippen LogP contribution < -0.4 is 5.32 Å². The first-order chi connectivity index (χ1) is 15.9. The maximum Gasteiger partial charge on any atom is 0.225 e. The number of nitrogens with zero attached hydrogens (tertiary/aromatic N) is 3. The summed E-state index contributed by atoms with van der Waals surface area (Å²) in [5.41, 5.74) is 4.33. The number of anilines is 1. The number of aromatic amines is 1. The number of aromatic nitrogens is 3. The minimum absolute atomic E-state index is 0.302. The van der Waals surface area contributed by atoms with E-state index in [4.69, 9.17) is 0 Å². The van der Waals surface area contributed by atoms with E-state index in [-0.39, 0.29) is 0 Å². The highest BCUT2D eigenvalue weighted by Gasteiger charge is 2.29. The fourth-order valence-electron chi connectivity index (χ4n) is 5.39. The molecule has 0 atom stereocenters. The Morgan fingerprint density at radius 3 is 2.58 bits per heavy atom. The summed E-state index contributed by atoms with van der Waals surface area (Å²) < 4.78 is 13.6. The molecule has 0 spiro atoms. The quantitative estimate of drug-likeness (QED) is 0.612. The molecule has 2 N–H and O–H groups in total. The number of likely N-dealkylation sites (tertiary alicyclic amines) is 1. The van der Waals surface area contributed by atoms with Crippen LogP contribution in [0.3, 0.4) is 0 Å². The number of H-pyrrole nitrogens is 1. The van der Waals surface area contributed by atoms with Crippen molar-refractivity contribution in [2.45, 2.75) is 78.1 Å². The fourth-order valence-corrected chi connectivity index (χ4v) is 5.39. The average Bonchev–Trinajstić information content (AvgIpc) is 3.48. The predicted molar refractivity (Wildman–Crippen MR) is 130 cm³/mol. The number of rotatable bonds is 3. The largest absolute Gasteiger partial charge is 0.373 e. The van der Waals surface area contributed by atoms with Crippen molar-refractivity contribution in [2.75, 3.05) is 25.5 Å². The van der Waals surface area contributed by atoms with Gasteiger partial charge in [-0.05, 0) is 56.4 Å². The van der Waals surface area contributed by atoms with Gasteiger partial charge in [-0.25, -0.2) is 4.98 Å². The Hall–Kier alpha value is -2.44. The second-order valence-electron chi connectivity index (χ2n) is 10.6. The van der Waals surface area contributed by atoms with Crippen LogP contribution in [0, 0.1) is 17.3 Å². The summed E-state index contributed by atoms with van der Waals surface area (Å²) in [6, 6.07) is 3.27. The summed E-state index contributed by atoms with van der Waals surface area (Å²) in [6.45, 7) is 6.58. The Morgan fingerprint density at radius 1 is 1.15 bits per heavy atom. The average molecular weight is 456 g/mol. The molecule has 2 aliphatic carbocycles. The van der Waals surface area contributed by atoms with Gasteiger partial charge in [0.1, 0.15) is 5.82 Å². The van der Waals surface area contributed by atoms with Crippen molar-refractivity contribution in [3.8, 4) is 11.3 Å². The van der Waals surface area contributed by atoms with Gasteiger partial charge >= 0.3 is 0 Å². The van der Waals surface area contributed by atoms with Crippen LogP contribution in [-0.4, -0.2) is 46.1 Å². The number of halogens is 1. The lowest BCUT2D eigenvalue weighted by Gasteiger charge is -2.29. The molecule has 0 radical (unpaired) electrons. The molecule has 5 rings (SSSR count). The molecule has 0 unspecified atom stereocenters. The topological polar surface area (TPSA) is 73.9 Å². The van der Waals surface area contributed by atoms with Crippen LogP contribution in [0.4, 0.5) is 10.2 Å². The SMILES string of the molecule is CNc1cc(-c2n[nH]c3c2CCC(C)(C)C3)cc(F)n1.O=C(C1CCCCC1)N1CCCC1. The zero-order valence-corrected chi connectivity index (χ0v) is 20.3. The summed E-state index contributed by atoms with van der Waals surface area (Å²) in [5, 5.41) is 10.4. The molecule has 7 heteroatoms. The number of hydrogen-bond acceptors (Lipinski definition) is 4. The molecule has 1 amide bonds. The van der Waals surface area contributed by atoms with E-state index in [1.165, 1.54) is 49.4 Å². The summed E-state index contributed by atoms with van der Waals surface area (Å²) in [4.78, 5) is 17.8. The van der Waals surface area contributed by atoms with E-state index in [0.717, 1.165) is 56.5 Å². The Kier molecular flexibility index (Phi) is 7.35. The van der Waals surface area contributed by atoms with Gasteiger partial charge in [-0.1, -0.05) is 33.1 Å². The zero-order valence-electron chi connectivity index (χ0n) is 20.3. The van der Waals surface area contributed by atoms with E-state index < -0.39 is 5.95 Å². The molecule has 1 aliphatic heterocycles. The van der Waals surface area contributed by atoms with Crippen LogP contribution in [0.15, 0.2) is 12.1 Å². The summed E-state index contributed by atoms with van der Waals surface area (Å²) in [7, 11) is 1.73. The van der Waals surface area contributed by atoms with Gasteiger partial charge < -0.3 is 10.2 Å². The third kappa shape index (κ3) is 5.74. The van der Waals surface area contributed by atoms with Crippen molar-refractivity contribution < 1.29 is 9.18 Å². The van der Waals surface area contributed by atoms with Crippen molar-refractivity contribution in [3.63, 3.8) is 0 Å². The molecular weight excluding hydrogens is 417 g/mol. The number of carbonyl (C=O) groups is 1. The van der Waals surface area contributed by atoms with Crippen molar-refractivity contribution >= 4 is 11.7 Å². The molecule has 33 heavy (non-hydrogen) atoms. The Bertz CT molecular complexity index is 958. The standard InChI is InChI=1S/C15H19FN4.C11H19NO/c1-15(2)5-4-10-11(8-15)19-20-14(10)9-6-12(16)18-13(7-9)17-3;13-11(12-8-4-5-9-12)10-6-2-1-3-7-10/h6-7H,4-5,8H2,1-3H3,(H,17,18)(H,19,20);10H,1-9H2. The third-order valence-electron chi connectivity index (χ3n) is 7.36. The zero-order chi connectivity index (χ0) is 23.4. The molecular formula is C26H38FN5O. The Labute approximate surface area is 196 Å². The van der Waals surface area contributed by atoms with Gasteiger partial charge in [0, 0.05) is 48.9 Å². The highest BCUT2D eigenvalue weighted by atomic mass is 19.1. The fraction of sp³-hybridized carbons (Fsp3) is 0.654. The number of carbonyl (C=O) groups excluding carboxylic acids is 1. The number of hydrogen-bond donors (Lipinski definition) is 2. The van der Waals surface area contributed by atoms with Crippen LogP contribution in [0.25, 0.3) is 11.3 Å². The van der Waals surface area contributed by atoms with Crippen molar-refractivity contribution in [2.24, 2.45) is 11.3 Å². The van der Waals surface area contributed by atoms with Crippen molar-refractivity contribution in [1.82, 2.24) is 20.1 Å². The second kappa shape index (κ2) is 10.2. The van der Waals surface area contributed by atoms with Crippen molar-refractivity contribution in [3.05, 3.63) is 29.3 Å². The molecule has 0 bridgehead atoms. The maximum absolute atomic E-state index is 13.6. The number of fused-ring (bicyclic) bond motifs is 1. The summed E-state index contributed by atoms with van der Waals surface area (Å²) >= 11 is 0. The second-order valence-corrected chi connectivity index (χ2v) is 10.6. The summed E-state index contributed by atoms with van der Waals surface area (Å²) in [5.74, 6) is 0.872. The molecule has 2 aromatic heterocycles. The minimum Gasteiger partial charge on any atom is -0.373 e. The van der Waals surface area contributed by atoms with E-state index in [0.29, 0.717) is 23.1 Å². The highest BCUT2D eigenvalue weighted by Crippen LogP contribution is 2.38. The number of nitrogens with one attached hydrogen (secondary N) is 2. The molecule has 3 heterocycles. The monoisotopic (exact) mass is 455 g/mol. The predicted octanol–water partition coefficient (Wildman–Crippen LogP) is 5.36. The van der Waals surface area contributed by atoms with Crippen LogP contribution in [0.2, 0.25) is 0 Å². The minimum atomic E-state index is -0.486. The highest BCUT2D eigenvalue weighted by molar-refractivity contribution is 5.79. The van der Waals surface area contributed by atoms with E-state index in [1.54, 1.807) is 7.05 Å². The Morgan fingerprint density at radius 2 is 1.88 bits per heavy atom. The number of pyridine rings is 1. The molecule has 180 valence electrons. The van der Waals surface area contributed by atoms with E-state index in [1.807, 2.05) is 6.07 Å². The number of amides is 1. The molecule has 2 fully saturated rings. The van der Waals surface area contributed by atoms with Gasteiger partial charge in [0.05, 0.1) is 5.69 Å². The molecule has 1 saturated heterocycles. The smallest absolute Gasteiger partial charge is 0.225 e. The van der Waals surface area contributed by atoms with Gasteiger partial charge in [-0.15, -0.1) is 0 Å². The lowest BCUT2D eigenvalue weighted by molar-refractivity contribution is -0.135. The van der Waals surface area contributed by atoms with E-state index in [9.17, 15) is 9.18 Å².